The maximum atomic E-state index is 5.86. The van der Waals surface area contributed by atoms with Crippen LogP contribution in [0.4, 0.5) is 5.69 Å². The molecule has 4 aromatic rings. The van der Waals surface area contributed by atoms with Gasteiger partial charge in [0.15, 0.2) is 0 Å². The van der Waals surface area contributed by atoms with Gasteiger partial charge >= 0.3 is 0 Å². The normalized spacial score (nSPS) is 10.9. The molecule has 0 saturated carbocycles. The quantitative estimate of drug-likeness (QED) is 0.390. The lowest BCUT2D eigenvalue weighted by atomic mass is 10.3. The van der Waals surface area contributed by atoms with Crippen LogP contribution >= 0.6 is 0 Å². The maximum Gasteiger partial charge on any atom is 0.131 e. The van der Waals surface area contributed by atoms with E-state index in [2.05, 4.69) is 27.9 Å². The molecule has 0 aliphatic rings. The van der Waals surface area contributed by atoms with Crippen LogP contribution in [0.5, 0.6) is 17.2 Å². The van der Waals surface area contributed by atoms with Crippen LogP contribution in [0.1, 0.15) is 5.56 Å². The maximum absolute atomic E-state index is 5.86. The van der Waals surface area contributed by atoms with Gasteiger partial charge in [-0.15, -0.1) is 0 Å². The Balaban J connectivity index is 1.42. The summed E-state index contributed by atoms with van der Waals surface area (Å²) in [4.78, 5) is 4.55. The van der Waals surface area contributed by atoms with Crippen molar-refractivity contribution in [3.63, 3.8) is 0 Å². The van der Waals surface area contributed by atoms with E-state index in [1.54, 1.807) is 7.11 Å². The summed E-state index contributed by atoms with van der Waals surface area (Å²) < 4.78 is 13.1. The Morgan fingerprint density at radius 1 is 0.786 bits per heavy atom. The van der Waals surface area contributed by atoms with Crippen molar-refractivity contribution in [2.24, 2.45) is 4.99 Å². The van der Waals surface area contributed by atoms with Crippen molar-refractivity contribution in [3.8, 4) is 22.9 Å². The summed E-state index contributed by atoms with van der Waals surface area (Å²) in [5, 5.41) is 0. The second-order valence-corrected chi connectivity index (χ2v) is 6.22. The number of benzene rings is 3. The molecule has 0 aliphatic heterocycles. The second-order valence-electron chi connectivity index (χ2n) is 6.22. The zero-order chi connectivity index (χ0) is 19.2. The van der Waals surface area contributed by atoms with Gasteiger partial charge in [-0.25, -0.2) is 0 Å². The Morgan fingerprint density at radius 3 is 2.36 bits per heavy atom. The highest BCUT2D eigenvalue weighted by molar-refractivity contribution is 5.81. The van der Waals surface area contributed by atoms with Crippen LogP contribution in [0.3, 0.4) is 0 Å². The first-order chi connectivity index (χ1) is 13.8. The molecule has 0 spiro atoms. The first kappa shape index (κ1) is 17.6. The van der Waals surface area contributed by atoms with Gasteiger partial charge < -0.3 is 14.0 Å². The van der Waals surface area contributed by atoms with E-state index < -0.39 is 0 Å². The monoisotopic (exact) mass is 368 g/mol. The van der Waals surface area contributed by atoms with Gasteiger partial charge in [0.05, 0.1) is 12.8 Å². The Kier molecular flexibility index (Phi) is 5.20. The highest BCUT2D eigenvalue weighted by atomic mass is 16.5. The average Bonchev–Trinajstić information content (AvgIpc) is 3.23. The fourth-order valence-electron chi connectivity index (χ4n) is 2.80. The molecule has 138 valence electrons. The van der Waals surface area contributed by atoms with Crippen LogP contribution in [-0.4, -0.2) is 17.9 Å². The van der Waals surface area contributed by atoms with Gasteiger partial charge in [0.25, 0.3) is 0 Å². The minimum absolute atomic E-state index is 0.734. The van der Waals surface area contributed by atoms with E-state index in [1.165, 1.54) is 0 Å². The molecule has 0 unspecified atom stereocenters. The number of hydrogen-bond acceptors (Lipinski definition) is 3. The minimum atomic E-state index is 0.734. The van der Waals surface area contributed by atoms with Crippen molar-refractivity contribution in [2.45, 2.75) is 0 Å². The predicted octanol–water partition coefficient (Wildman–Crippen LogP) is 6.03. The van der Waals surface area contributed by atoms with Crippen molar-refractivity contribution in [1.29, 1.82) is 0 Å². The molecule has 28 heavy (non-hydrogen) atoms. The standard InChI is InChI=1S/C24H20N2O2/c1-27-23-8-5-9-24(16-23)28-22-12-10-20(11-13-22)25-17-19-14-15-26(18-19)21-6-3-2-4-7-21/h2-18H,1H3. The van der Waals surface area contributed by atoms with Gasteiger partial charge in [-0.3, -0.25) is 4.99 Å². The number of aliphatic imine (C=N–C) groups is 1. The van der Waals surface area contributed by atoms with Crippen molar-refractivity contribution >= 4 is 11.9 Å². The highest BCUT2D eigenvalue weighted by Crippen LogP contribution is 2.26. The summed E-state index contributed by atoms with van der Waals surface area (Å²) in [5.41, 5.74) is 3.03. The lowest BCUT2D eigenvalue weighted by Crippen LogP contribution is -1.88. The molecule has 0 amide bonds. The molecule has 4 heteroatoms. The Labute approximate surface area is 164 Å². The second kappa shape index (κ2) is 8.27. The van der Waals surface area contributed by atoms with Gasteiger partial charge in [0.1, 0.15) is 17.2 Å². The number of methoxy groups -OCH3 is 1. The molecular formula is C24H20N2O2. The molecule has 0 aliphatic carbocycles. The van der Waals surface area contributed by atoms with E-state index in [9.17, 15) is 0 Å². The van der Waals surface area contributed by atoms with Crippen molar-refractivity contribution < 1.29 is 9.47 Å². The minimum Gasteiger partial charge on any atom is -0.497 e. The van der Waals surface area contributed by atoms with E-state index in [0.29, 0.717) is 0 Å². The SMILES string of the molecule is COc1cccc(Oc2ccc(N=Cc3ccn(-c4ccccc4)c3)cc2)c1. The van der Waals surface area contributed by atoms with Crippen LogP contribution in [0.2, 0.25) is 0 Å². The van der Waals surface area contributed by atoms with Crippen LogP contribution in [-0.2, 0) is 0 Å². The number of para-hydroxylation sites is 1. The van der Waals surface area contributed by atoms with Crippen LogP contribution in [0.15, 0.2) is 102 Å². The van der Waals surface area contributed by atoms with Gasteiger partial charge in [-0.05, 0) is 54.6 Å². The fourth-order valence-corrected chi connectivity index (χ4v) is 2.80. The molecule has 1 heterocycles. The first-order valence-corrected chi connectivity index (χ1v) is 9.00. The van der Waals surface area contributed by atoms with Crippen molar-refractivity contribution in [2.75, 3.05) is 7.11 Å². The molecule has 1 aromatic heterocycles. The molecule has 0 N–H and O–H groups in total. The Hall–Kier alpha value is -3.79. The Bertz CT molecular complexity index is 1070. The number of rotatable bonds is 6. The van der Waals surface area contributed by atoms with E-state index in [4.69, 9.17) is 9.47 Å². The summed E-state index contributed by atoms with van der Waals surface area (Å²) in [6.45, 7) is 0. The highest BCUT2D eigenvalue weighted by Gasteiger charge is 2.00. The zero-order valence-electron chi connectivity index (χ0n) is 15.5. The molecule has 0 atom stereocenters. The third-order valence-electron chi connectivity index (χ3n) is 4.25. The van der Waals surface area contributed by atoms with Crippen molar-refractivity contribution in [3.05, 3.63) is 103 Å². The molecule has 0 bridgehead atoms. The summed E-state index contributed by atoms with van der Waals surface area (Å²) in [6.07, 6.45) is 5.94. The average molecular weight is 368 g/mol. The Morgan fingerprint density at radius 2 is 1.57 bits per heavy atom. The lowest BCUT2D eigenvalue weighted by molar-refractivity contribution is 0.409. The zero-order valence-corrected chi connectivity index (χ0v) is 15.5. The molecule has 3 aromatic carbocycles. The smallest absolute Gasteiger partial charge is 0.131 e. The number of aromatic nitrogens is 1. The van der Waals surface area contributed by atoms with Crippen molar-refractivity contribution in [1.82, 2.24) is 4.57 Å². The molecule has 4 nitrogen and oxygen atoms in total. The predicted molar refractivity (Wildman–Crippen MR) is 113 cm³/mol. The molecular weight excluding hydrogens is 348 g/mol. The van der Waals surface area contributed by atoms with E-state index in [-0.39, 0.29) is 0 Å². The topological polar surface area (TPSA) is 35.8 Å². The summed E-state index contributed by atoms with van der Waals surface area (Å²) >= 11 is 0. The van der Waals surface area contributed by atoms with E-state index >= 15 is 0 Å². The molecule has 4 rings (SSSR count). The van der Waals surface area contributed by atoms with E-state index in [0.717, 1.165) is 34.2 Å². The van der Waals surface area contributed by atoms with Gasteiger partial charge in [0.2, 0.25) is 0 Å². The van der Waals surface area contributed by atoms with Crippen LogP contribution in [0.25, 0.3) is 5.69 Å². The van der Waals surface area contributed by atoms with Gasteiger partial charge in [0, 0.05) is 35.9 Å². The third-order valence-corrected chi connectivity index (χ3v) is 4.25. The molecule has 0 saturated heterocycles. The summed E-state index contributed by atoms with van der Waals surface area (Å²) in [7, 11) is 1.64. The largest absolute Gasteiger partial charge is 0.497 e. The lowest BCUT2D eigenvalue weighted by Gasteiger charge is -2.07. The van der Waals surface area contributed by atoms with E-state index in [1.807, 2.05) is 85.2 Å². The van der Waals surface area contributed by atoms with Crippen LogP contribution < -0.4 is 9.47 Å². The van der Waals surface area contributed by atoms with Gasteiger partial charge in [-0.1, -0.05) is 24.3 Å². The number of hydrogen-bond donors (Lipinski definition) is 0. The fraction of sp³-hybridized carbons (Fsp3) is 0.0417. The van der Waals surface area contributed by atoms with Crippen LogP contribution in [0, 0.1) is 0 Å². The number of nitrogens with zero attached hydrogens (tertiary/aromatic N) is 2. The summed E-state index contributed by atoms with van der Waals surface area (Å²) in [5.74, 6) is 2.25. The first-order valence-electron chi connectivity index (χ1n) is 9.00. The van der Waals surface area contributed by atoms with Gasteiger partial charge in [-0.2, -0.15) is 0 Å². The molecule has 0 fully saturated rings. The third kappa shape index (κ3) is 4.30. The molecule has 0 radical (unpaired) electrons. The summed E-state index contributed by atoms with van der Waals surface area (Å²) in [6, 6.07) is 27.4. The number of ether oxygens (including phenoxy) is 2.